The molecule has 2 aliphatic rings. The molecule has 1 aromatic rings. The second kappa shape index (κ2) is 10.2. The summed E-state index contributed by atoms with van der Waals surface area (Å²) in [4.78, 5) is 23.3. The number of carbonyl (C=O) groups is 2. The Morgan fingerprint density at radius 3 is 1.34 bits per heavy atom. The van der Waals surface area contributed by atoms with Crippen molar-refractivity contribution >= 4 is 11.9 Å². The zero-order valence-electron chi connectivity index (χ0n) is 19.6. The van der Waals surface area contributed by atoms with Crippen LogP contribution >= 0.6 is 0 Å². The Kier molecular flexibility index (Phi) is 7.64. The van der Waals surface area contributed by atoms with Gasteiger partial charge in [0.15, 0.2) is 0 Å². The van der Waals surface area contributed by atoms with Crippen LogP contribution in [-0.2, 0) is 41.4 Å². The fourth-order valence-corrected chi connectivity index (χ4v) is 4.06. The Hall–Kier alpha value is -2.76. The minimum absolute atomic E-state index is 0.337. The van der Waals surface area contributed by atoms with Crippen molar-refractivity contribution in [2.45, 2.75) is 90.6 Å². The summed E-state index contributed by atoms with van der Waals surface area (Å²) in [6, 6.07) is 8.55. The van der Waals surface area contributed by atoms with Crippen LogP contribution in [0, 0.1) is 0 Å². The van der Waals surface area contributed by atoms with Gasteiger partial charge in [-0.2, -0.15) is 0 Å². The fraction of sp³-hybridized carbons (Fsp3) is 0.538. The second-order valence-electron chi connectivity index (χ2n) is 9.25. The number of hydrogen-bond acceptors (Lipinski definition) is 6. The number of esters is 2. The van der Waals surface area contributed by atoms with Crippen molar-refractivity contribution < 1.29 is 28.5 Å². The highest BCUT2D eigenvalue weighted by molar-refractivity contribution is 5.83. The molecule has 174 valence electrons. The summed E-state index contributed by atoms with van der Waals surface area (Å²) in [5, 5.41) is 0. The van der Waals surface area contributed by atoms with E-state index in [0.29, 0.717) is 11.5 Å². The third-order valence-corrected chi connectivity index (χ3v) is 5.36. The molecule has 0 bridgehead atoms. The normalized spacial score (nSPS) is 19.1. The van der Waals surface area contributed by atoms with Crippen molar-refractivity contribution in [2.75, 3.05) is 0 Å². The number of carbonyl (C=O) groups excluding carboxylic acids is 2. The van der Waals surface area contributed by atoms with E-state index < -0.39 is 11.6 Å². The van der Waals surface area contributed by atoms with Crippen LogP contribution in [0.5, 0.6) is 0 Å². The highest BCUT2D eigenvalue weighted by Crippen LogP contribution is 2.27. The van der Waals surface area contributed by atoms with Crippen molar-refractivity contribution in [2.24, 2.45) is 0 Å². The number of unbranched alkanes of at least 4 members (excludes halogenated alkanes) is 2. The molecule has 32 heavy (non-hydrogen) atoms. The van der Waals surface area contributed by atoms with Gasteiger partial charge in [-0.15, -0.1) is 0 Å². The summed E-state index contributed by atoms with van der Waals surface area (Å²) in [5.41, 5.74) is 2.73. The molecule has 0 saturated carbocycles. The lowest BCUT2D eigenvalue weighted by atomic mass is 9.97. The first-order valence-corrected chi connectivity index (χ1v) is 11.4. The van der Waals surface area contributed by atoms with E-state index in [1.165, 1.54) is 23.3 Å². The van der Waals surface area contributed by atoms with Gasteiger partial charge in [-0.3, -0.25) is 0 Å². The second-order valence-corrected chi connectivity index (χ2v) is 9.25. The van der Waals surface area contributed by atoms with Crippen LogP contribution in [0.1, 0.15) is 77.3 Å². The summed E-state index contributed by atoms with van der Waals surface area (Å²) in [6.07, 6.45) is 10.3. The van der Waals surface area contributed by atoms with Crippen LogP contribution in [0.25, 0.3) is 0 Å². The predicted octanol–water partition coefficient (Wildman–Crippen LogP) is 5.50. The van der Waals surface area contributed by atoms with Gasteiger partial charge in [-0.05, 0) is 49.7 Å². The number of allylic oxidation sites excluding steroid dienone is 2. The SMILES string of the molecule is CC1(C)OC(=O)C=C(CCCCc2ccccc2CCCCC2=CC(=O)OC(C)(C)O2)O1. The van der Waals surface area contributed by atoms with Crippen molar-refractivity contribution in [1.82, 2.24) is 0 Å². The van der Waals surface area contributed by atoms with E-state index in [1.807, 2.05) is 0 Å². The molecule has 0 unspecified atom stereocenters. The number of benzene rings is 1. The smallest absolute Gasteiger partial charge is 0.337 e. The van der Waals surface area contributed by atoms with Gasteiger partial charge >= 0.3 is 11.9 Å². The molecule has 0 aromatic heterocycles. The third kappa shape index (κ3) is 7.43. The fourth-order valence-electron chi connectivity index (χ4n) is 4.06. The van der Waals surface area contributed by atoms with Crippen LogP contribution in [0.3, 0.4) is 0 Å². The average Bonchev–Trinajstić information content (AvgIpc) is 2.66. The summed E-state index contributed by atoms with van der Waals surface area (Å²) in [5.74, 6) is -1.05. The molecule has 0 radical (unpaired) electrons. The van der Waals surface area contributed by atoms with E-state index in [-0.39, 0.29) is 11.9 Å². The Bertz CT molecular complexity index is 820. The van der Waals surface area contributed by atoms with E-state index in [4.69, 9.17) is 18.9 Å². The monoisotopic (exact) mass is 442 g/mol. The molecule has 0 saturated heterocycles. The Balaban J connectivity index is 1.42. The van der Waals surface area contributed by atoms with Crippen LogP contribution in [0.4, 0.5) is 0 Å². The van der Waals surface area contributed by atoms with Gasteiger partial charge in [-0.1, -0.05) is 24.3 Å². The Labute approximate surface area is 190 Å². The third-order valence-electron chi connectivity index (χ3n) is 5.36. The highest BCUT2D eigenvalue weighted by atomic mass is 16.7. The van der Waals surface area contributed by atoms with Gasteiger partial charge in [0.05, 0.1) is 12.2 Å². The molecule has 2 aliphatic heterocycles. The van der Waals surface area contributed by atoms with E-state index in [2.05, 4.69) is 24.3 Å². The molecule has 1 aromatic carbocycles. The topological polar surface area (TPSA) is 71.1 Å². The minimum atomic E-state index is -0.886. The Morgan fingerprint density at radius 1 is 0.594 bits per heavy atom. The molecule has 6 nitrogen and oxygen atoms in total. The van der Waals surface area contributed by atoms with Crippen LogP contribution < -0.4 is 0 Å². The standard InChI is InChI=1S/C26H34O6/c1-25(2)29-21(17-23(27)31-25)15-9-7-13-19-11-5-6-12-20(19)14-8-10-16-22-18-24(28)32-26(3,4)30-22/h5-6,11-12,17-18H,7-10,13-16H2,1-4H3. The number of aryl methyl sites for hydroxylation is 2. The van der Waals surface area contributed by atoms with E-state index >= 15 is 0 Å². The first kappa shape index (κ1) is 23.9. The number of ether oxygens (including phenoxy) is 4. The average molecular weight is 443 g/mol. The lowest BCUT2D eigenvalue weighted by molar-refractivity contribution is -0.207. The van der Waals surface area contributed by atoms with Crippen molar-refractivity contribution in [3.63, 3.8) is 0 Å². The summed E-state index contributed by atoms with van der Waals surface area (Å²) >= 11 is 0. The molecule has 0 amide bonds. The van der Waals surface area contributed by atoms with Crippen LogP contribution in [-0.4, -0.2) is 23.5 Å². The van der Waals surface area contributed by atoms with E-state index in [0.717, 1.165) is 51.4 Å². The molecule has 6 heteroatoms. The summed E-state index contributed by atoms with van der Waals surface area (Å²) in [7, 11) is 0. The van der Waals surface area contributed by atoms with Gasteiger partial charge in [0.25, 0.3) is 0 Å². The molecule has 0 spiro atoms. The van der Waals surface area contributed by atoms with E-state index in [9.17, 15) is 9.59 Å². The molecule has 0 aliphatic carbocycles. The maximum absolute atomic E-state index is 11.6. The number of rotatable bonds is 10. The minimum Gasteiger partial charge on any atom is -0.457 e. The van der Waals surface area contributed by atoms with Gasteiger partial charge in [0.1, 0.15) is 11.5 Å². The van der Waals surface area contributed by atoms with Gasteiger partial charge in [0, 0.05) is 40.5 Å². The predicted molar refractivity (Wildman–Crippen MR) is 120 cm³/mol. The molecular weight excluding hydrogens is 408 g/mol. The maximum Gasteiger partial charge on any atom is 0.337 e. The first-order chi connectivity index (χ1) is 15.1. The van der Waals surface area contributed by atoms with E-state index in [1.54, 1.807) is 27.7 Å². The molecule has 0 N–H and O–H groups in total. The number of cyclic esters (lactones) is 2. The molecule has 3 rings (SSSR count). The van der Waals surface area contributed by atoms with Crippen molar-refractivity contribution in [1.29, 1.82) is 0 Å². The lowest BCUT2D eigenvalue weighted by Crippen LogP contribution is -2.34. The quantitative estimate of drug-likeness (QED) is 0.352. The van der Waals surface area contributed by atoms with Crippen molar-refractivity contribution in [3.05, 3.63) is 59.1 Å². The number of hydrogen-bond donors (Lipinski definition) is 0. The zero-order valence-corrected chi connectivity index (χ0v) is 19.6. The van der Waals surface area contributed by atoms with Crippen LogP contribution in [0.2, 0.25) is 0 Å². The Morgan fingerprint density at radius 2 is 0.969 bits per heavy atom. The zero-order chi connectivity index (χ0) is 23.2. The van der Waals surface area contributed by atoms with Crippen LogP contribution in [0.15, 0.2) is 47.9 Å². The van der Waals surface area contributed by atoms with Crippen molar-refractivity contribution in [3.8, 4) is 0 Å². The summed E-state index contributed by atoms with van der Waals surface area (Å²) in [6.45, 7) is 6.99. The highest BCUT2D eigenvalue weighted by Gasteiger charge is 2.30. The lowest BCUT2D eigenvalue weighted by Gasteiger charge is -2.30. The van der Waals surface area contributed by atoms with Gasteiger partial charge < -0.3 is 18.9 Å². The molecule has 2 heterocycles. The first-order valence-electron chi connectivity index (χ1n) is 11.4. The summed E-state index contributed by atoms with van der Waals surface area (Å²) < 4.78 is 21.7. The molecule has 0 fully saturated rings. The van der Waals surface area contributed by atoms with Gasteiger partial charge in [-0.25, -0.2) is 9.59 Å². The molecular formula is C26H34O6. The largest absolute Gasteiger partial charge is 0.457 e. The molecule has 0 atom stereocenters. The van der Waals surface area contributed by atoms with Gasteiger partial charge in [0.2, 0.25) is 11.6 Å². The maximum atomic E-state index is 11.6.